The number of nitrogens with one attached hydrogen (secondary N) is 2. The van der Waals surface area contributed by atoms with E-state index < -0.39 is 45.7 Å². The van der Waals surface area contributed by atoms with Crippen molar-refractivity contribution in [1.29, 1.82) is 0 Å². The monoisotopic (exact) mass is 574 g/mol. The Kier molecular flexibility index (Phi) is 10.2. The summed E-state index contributed by atoms with van der Waals surface area (Å²) in [5.74, 6) is -2.37. The number of hydrogen-bond donors (Lipinski definition) is 4. The molecular formula is C25H39ClN4O7S. The topological polar surface area (TPSA) is 168 Å². The standard InChI is InChI=1S/C25H39ClN4O7S/c1-15(2)20(28-23(33)29-25(5,6)37-22(32)19(27)13-38(34,35)36)21(31)30-12-11-18(24(3,4)14-30)16-7-9-17(26)10-8-16/h7-10,15,18-20H,11-14,27H2,1-6H3,(H2,28,29,33)(H,34,35,36). The first kappa shape index (κ1) is 31.8. The van der Waals surface area contributed by atoms with E-state index in [1.165, 1.54) is 13.8 Å². The number of ether oxygens (including phenoxy) is 1. The van der Waals surface area contributed by atoms with Gasteiger partial charge in [-0.1, -0.05) is 51.4 Å². The number of benzene rings is 1. The average molecular weight is 575 g/mol. The van der Waals surface area contributed by atoms with Crippen molar-refractivity contribution in [2.24, 2.45) is 17.1 Å². The predicted molar refractivity (Wildman–Crippen MR) is 144 cm³/mol. The molecule has 3 atom stereocenters. The van der Waals surface area contributed by atoms with Crippen LogP contribution in [0.25, 0.3) is 0 Å². The van der Waals surface area contributed by atoms with Gasteiger partial charge in [0.25, 0.3) is 10.1 Å². The number of piperidine rings is 1. The molecule has 38 heavy (non-hydrogen) atoms. The first-order valence-electron chi connectivity index (χ1n) is 12.4. The van der Waals surface area contributed by atoms with Gasteiger partial charge >= 0.3 is 12.0 Å². The minimum Gasteiger partial charge on any atom is -0.438 e. The van der Waals surface area contributed by atoms with Crippen LogP contribution >= 0.6 is 11.6 Å². The van der Waals surface area contributed by atoms with E-state index in [9.17, 15) is 22.8 Å². The van der Waals surface area contributed by atoms with Crippen LogP contribution in [0.4, 0.5) is 4.79 Å². The van der Waals surface area contributed by atoms with Crippen molar-refractivity contribution in [3.05, 3.63) is 34.9 Å². The van der Waals surface area contributed by atoms with Crippen molar-refractivity contribution >= 4 is 39.6 Å². The average Bonchev–Trinajstić information content (AvgIpc) is 2.75. The van der Waals surface area contributed by atoms with Gasteiger partial charge in [0.05, 0.1) is 0 Å². The largest absolute Gasteiger partial charge is 0.438 e. The van der Waals surface area contributed by atoms with Crippen LogP contribution in [0.2, 0.25) is 5.02 Å². The Balaban J connectivity index is 2.03. The van der Waals surface area contributed by atoms with Crippen molar-refractivity contribution in [2.75, 3.05) is 18.8 Å². The number of urea groups is 1. The number of nitrogens with zero attached hydrogens (tertiary/aromatic N) is 1. The van der Waals surface area contributed by atoms with Gasteiger partial charge in [-0.3, -0.25) is 14.1 Å². The lowest BCUT2D eigenvalue weighted by Gasteiger charge is -2.45. The first-order chi connectivity index (χ1) is 17.3. The number of carbonyl (C=O) groups excluding carboxylic acids is 3. The van der Waals surface area contributed by atoms with Gasteiger partial charge in [-0.15, -0.1) is 0 Å². The second-order valence-corrected chi connectivity index (χ2v) is 13.2. The van der Waals surface area contributed by atoms with Crippen LogP contribution in [-0.4, -0.2) is 72.4 Å². The molecular weight excluding hydrogens is 536 g/mol. The Hall–Kier alpha value is -2.41. The van der Waals surface area contributed by atoms with Crippen molar-refractivity contribution in [1.82, 2.24) is 15.5 Å². The highest BCUT2D eigenvalue weighted by molar-refractivity contribution is 7.85. The Morgan fingerprint density at radius 1 is 1.24 bits per heavy atom. The Labute approximate surface area is 229 Å². The van der Waals surface area contributed by atoms with Gasteiger partial charge < -0.3 is 26.0 Å². The summed E-state index contributed by atoms with van der Waals surface area (Å²) in [6, 6.07) is 4.52. The van der Waals surface area contributed by atoms with Crippen LogP contribution in [0.3, 0.4) is 0 Å². The molecule has 5 N–H and O–H groups in total. The van der Waals surface area contributed by atoms with Gasteiger partial charge in [0.15, 0.2) is 5.72 Å². The molecule has 1 fully saturated rings. The van der Waals surface area contributed by atoms with Crippen LogP contribution in [0.15, 0.2) is 24.3 Å². The molecule has 0 radical (unpaired) electrons. The molecule has 3 unspecified atom stereocenters. The summed E-state index contributed by atoms with van der Waals surface area (Å²) >= 11 is 6.04. The fraction of sp³-hybridized carbons (Fsp3) is 0.640. The summed E-state index contributed by atoms with van der Waals surface area (Å²) in [7, 11) is -4.50. The fourth-order valence-corrected chi connectivity index (χ4v) is 5.38. The number of hydrogen-bond acceptors (Lipinski definition) is 7. The lowest BCUT2D eigenvalue weighted by atomic mass is 9.70. The minimum absolute atomic E-state index is 0.220. The Morgan fingerprint density at radius 2 is 1.82 bits per heavy atom. The van der Waals surface area contributed by atoms with Gasteiger partial charge in [0.2, 0.25) is 5.91 Å². The van der Waals surface area contributed by atoms with Crippen molar-refractivity contribution in [3.63, 3.8) is 0 Å². The number of nitrogens with two attached hydrogens (primary N) is 1. The number of halogens is 1. The van der Waals surface area contributed by atoms with Crippen molar-refractivity contribution in [2.45, 2.75) is 71.7 Å². The molecule has 0 aromatic heterocycles. The third-order valence-corrected chi connectivity index (χ3v) is 7.53. The number of amides is 3. The lowest BCUT2D eigenvalue weighted by molar-refractivity contribution is -0.159. The van der Waals surface area contributed by atoms with E-state index >= 15 is 0 Å². The normalized spacial score (nSPS) is 19.4. The molecule has 0 saturated carbocycles. The van der Waals surface area contributed by atoms with E-state index in [-0.39, 0.29) is 23.2 Å². The summed E-state index contributed by atoms with van der Waals surface area (Å²) in [6.45, 7) is 11.6. The quantitative estimate of drug-likeness (QED) is 0.198. The maximum atomic E-state index is 13.5. The second-order valence-electron chi connectivity index (χ2n) is 11.2. The van der Waals surface area contributed by atoms with E-state index in [1.54, 1.807) is 4.90 Å². The van der Waals surface area contributed by atoms with Gasteiger partial charge in [-0.05, 0) is 55.2 Å². The zero-order valence-corrected chi connectivity index (χ0v) is 24.2. The van der Waals surface area contributed by atoms with Crippen molar-refractivity contribution in [3.8, 4) is 0 Å². The van der Waals surface area contributed by atoms with Gasteiger partial charge in [-0.2, -0.15) is 8.42 Å². The molecule has 1 heterocycles. The maximum Gasteiger partial charge on any atom is 0.326 e. The smallest absolute Gasteiger partial charge is 0.326 e. The van der Waals surface area contributed by atoms with Crippen molar-refractivity contribution < 1.29 is 32.1 Å². The van der Waals surface area contributed by atoms with Crippen LogP contribution in [0.1, 0.15) is 59.4 Å². The highest BCUT2D eigenvalue weighted by atomic mass is 35.5. The van der Waals surface area contributed by atoms with Gasteiger partial charge in [0.1, 0.15) is 17.8 Å². The fourth-order valence-electron chi connectivity index (χ4n) is 4.67. The second kappa shape index (κ2) is 12.2. The summed E-state index contributed by atoms with van der Waals surface area (Å²) in [5.41, 5.74) is 4.82. The number of rotatable bonds is 9. The number of likely N-dealkylation sites (tertiary alicyclic amines) is 1. The lowest BCUT2D eigenvalue weighted by Crippen LogP contribution is -2.60. The third-order valence-electron chi connectivity index (χ3n) is 6.50. The summed E-state index contributed by atoms with van der Waals surface area (Å²) < 4.78 is 35.9. The molecule has 11 nitrogen and oxygen atoms in total. The SMILES string of the molecule is CC(C)C(NC(=O)NC(C)(C)OC(=O)C(N)CS(=O)(=O)O)C(=O)N1CCC(c2ccc(Cl)cc2)C(C)(C)C1. The van der Waals surface area contributed by atoms with E-state index in [0.717, 1.165) is 12.0 Å². The minimum atomic E-state index is -4.50. The van der Waals surface area contributed by atoms with E-state index in [4.69, 9.17) is 26.6 Å². The Bertz CT molecular complexity index is 1120. The highest BCUT2D eigenvalue weighted by Gasteiger charge is 2.41. The Morgan fingerprint density at radius 3 is 2.32 bits per heavy atom. The molecule has 0 aliphatic carbocycles. The van der Waals surface area contributed by atoms with Gasteiger partial charge in [-0.25, -0.2) is 4.79 Å². The van der Waals surface area contributed by atoms with Crippen LogP contribution in [0.5, 0.6) is 0 Å². The van der Waals surface area contributed by atoms with Crippen LogP contribution in [0, 0.1) is 11.3 Å². The zero-order valence-electron chi connectivity index (χ0n) is 22.7. The molecule has 1 aromatic rings. The molecule has 1 aromatic carbocycles. The van der Waals surface area contributed by atoms with E-state index in [0.29, 0.717) is 18.1 Å². The van der Waals surface area contributed by atoms with Gasteiger partial charge in [0, 0.05) is 18.1 Å². The number of carbonyl (C=O) groups is 3. The van der Waals surface area contributed by atoms with Crippen LogP contribution in [-0.2, 0) is 24.4 Å². The zero-order chi connectivity index (χ0) is 29.1. The molecule has 2 rings (SSSR count). The van der Waals surface area contributed by atoms with E-state index in [2.05, 4.69) is 24.5 Å². The molecule has 3 amide bonds. The first-order valence-corrected chi connectivity index (χ1v) is 14.4. The summed E-state index contributed by atoms with van der Waals surface area (Å²) in [5, 5.41) is 5.80. The number of esters is 1. The highest BCUT2D eigenvalue weighted by Crippen LogP contribution is 2.42. The van der Waals surface area contributed by atoms with E-state index in [1.807, 2.05) is 38.1 Å². The maximum absolute atomic E-state index is 13.5. The molecule has 1 saturated heterocycles. The molecule has 1 aliphatic rings. The molecule has 1 aliphatic heterocycles. The molecule has 214 valence electrons. The molecule has 0 bridgehead atoms. The van der Waals surface area contributed by atoms with Crippen LogP contribution < -0.4 is 16.4 Å². The summed E-state index contributed by atoms with van der Waals surface area (Å²) in [4.78, 5) is 40.1. The molecule has 13 heteroatoms. The third kappa shape index (κ3) is 9.11. The predicted octanol–water partition coefficient (Wildman–Crippen LogP) is 2.50. The summed E-state index contributed by atoms with van der Waals surface area (Å²) in [6.07, 6.45) is 0.754. The molecule has 0 spiro atoms.